The third kappa shape index (κ3) is 6.80. The molecule has 1 aromatic heterocycles. The Kier molecular flexibility index (Phi) is 9.97. The highest BCUT2D eigenvalue weighted by molar-refractivity contribution is 6.00. The first-order valence-electron chi connectivity index (χ1n) is 16.5. The minimum atomic E-state index is -1.27. The Morgan fingerprint density at radius 1 is 1.09 bits per heavy atom. The molecule has 1 saturated carbocycles. The highest BCUT2D eigenvalue weighted by atomic mass is 16.3. The Bertz CT molecular complexity index is 1370. The highest BCUT2D eigenvalue weighted by Crippen LogP contribution is 2.41. The van der Waals surface area contributed by atoms with E-state index in [9.17, 15) is 24.6 Å². The van der Waals surface area contributed by atoms with Crippen molar-refractivity contribution in [1.29, 1.82) is 0 Å². The van der Waals surface area contributed by atoms with Gasteiger partial charge >= 0.3 is 0 Å². The summed E-state index contributed by atoms with van der Waals surface area (Å²) in [6.07, 6.45) is 9.07. The van der Waals surface area contributed by atoms with Gasteiger partial charge in [-0.1, -0.05) is 83.2 Å². The minimum Gasteiger partial charge on any atom is -0.394 e. The second-order valence-corrected chi connectivity index (χ2v) is 14.0. The molecule has 240 valence electrons. The van der Waals surface area contributed by atoms with Crippen molar-refractivity contribution in [2.45, 2.75) is 83.9 Å². The lowest BCUT2D eigenvalue weighted by Gasteiger charge is -2.51. The molecule has 9 heteroatoms. The predicted octanol–water partition coefficient (Wildman–Crippen LogP) is 3.52. The largest absolute Gasteiger partial charge is 0.394 e. The summed E-state index contributed by atoms with van der Waals surface area (Å²) >= 11 is 0. The van der Waals surface area contributed by atoms with Crippen molar-refractivity contribution >= 4 is 11.8 Å². The van der Waals surface area contributed by atoms with Crippen LogP contribution in [0.25, 0.3) is 11.1 Å². The van der Waals surface area contributed by atoms with Gasteiger partial charge in [-0.3, -0.25) is 14.4 Å². The number of nitrogens with zero attached hydrogens (tertiary/aromatic N) is 3. The van der Waals surface area contributed by atoms with Crippen LogP contribution in [0.15, 0.2) is 47.4 Å². The van der Waals surface area contributed by atoms with Crippen LogP contribution in [-0.4, -0.2) is 87.4 Å². The average molecular weight is 607 g/mol. The number of hydrogen-bond donors (Lipinski definition) is 3. The van der Waals surface area contributed by atoms with Gasteiger partial charge in [-0.05, 0) is 24.3 Å². The van der Waals surface area contributed by atoms with Crippen LogP contribution >= 0.6 is 0 Å². The second-order valence-electron chi connectivity index (χ2n) is 14.0. The van der Waals surface area contributed by atoms with Crippen molar-refractivity contribution in [1.82, 2.24) is 19.7 Å². The zero-order valence-electron chi connectivity index (χ0n) is 26.6. The summed E-state index contributed by atoms with van der Waals surface area (Å²) in [6, 6.07) is 10.5. The number of amides is 2. The Labute approximate surface area is 261 Å². The van der Waals surface area contributed by atoms with Gasteiger partial charge in [0.15, 0.2) is 0 Å². The first kappa shape index (κ1) is 32.4. The fourth-order valence-corrected chi connectivity index (χ4v) is 7.53. The van der Waals surface area contributed by atoms with Crippen molar-refractivity contribution < 1.29 is 19.8 Å². The number of rotatable bonds is 8. The molecule has 3 atom stereocenters. The third-order valence-electron chi connectivity index (χ3n) is 10.5. The first-order valence-corrected chi connectivity index (χ1v) is 16.5. The molecule has 9 nitrogen and oxygen atoms in total. The maximum Gasteiger partial charge on any atom is 0.256 e. The molecule has 2 amide bonds. The normalized spacial score (nSPS) is 25.1. The Balaban J connectivity index is 1.39. The summed E-state index contributed by atoms with van der Waals surface area (Å²) in [5.74, 6) is 0.470. The molecule has 3 aliphatic rings. The van der Waals surface area contributed by atoms with Crippen LogP contribution in [0.1, 0.15) is 76.1 Å². The standard InChI is InChI=1S/C35H50N4O5/c1-25(18-26-10-6-4-7-11-26)32(42)37-16-14-35(44,34(2,3)23-37)24-38-21-30(33(43)39-17-15-36-20-28(39)22-40)29(19-31(38)41)27-12-8-5-9-13-27/h5,8-9,12-13,19,21,25-26,28,36,40,44H,4,6-7,10-11,14-18,20,22-24H2,1-3H3/t25-,28+,35-/m1/s1. The van der Waals surface area contributed by atoms with Crippen LogP contribution in [0.4, 0.5) is 0 Å². The molecule has 44 heavy (non-hydrogen) atoms. The zero-order chi connectivity index (χ0) is 31.5. The van der Waals surface area contributed by atoms with E-state index in [-0.39, 0.29) is 42.5 Å². The number of piperidine rings is 1. The number of likely N-dealkylation sites (tertiary alicyclic amines) is 1. The van der Waals surface area contributed by atoms with E-state index in [1.807, 2.05) is 56.0 Å². The zero-order valence-corrected chi connectivity index (χ0v) is 26.6. The van der Waals surface area contributed by atoms with E-state index < -0.39 is 11.0 Å². The molecular weight excluding hydrogens is 556 g/mol. The monoisotopic (exact) mass is 606 g/mol. The van der Waals surface area contributed by atoms with E-state index in [0.717, 1.165) is 12.0 Å². The molecule has 1 aliphatic carbocycles. The molecule has 0 spiro atoms. The lowest BCUT2D eigenvalue weighted by Crippen LogP contribution is -2.61. The van der Waals surface area contributed by atoms with Gasteiger partial charge in [0.2, 0.25) is 5.91 Å². The number of pyridine rings is 1. The van der Waals surface area contributed by atoms with Crippen molar-refractivity contribution in [3.8, 4) is 11.1 Å². The number of aromatic nitrogens is 1. The molecule has 3 fully saturated rings. The van der Waals surface area contributed by atoms with Crippen molar-refractivity contribution in [2.75, 3.05) is 39.3 Å². The highest BCUT2D eigenvalue weighted by Gasteiger charge is 2.49. The third-order valence-corrected chi connectivity index (χ3v) is 10.5. The van der Waals surface area contributed by atoms with Crippen LogP contribution in [0.5, 0.6) is 0 Å². The molecule has 2 saturated heterocycles. The van der Waals surface area contributed by atoms with Crippen molar-refractivity contribution in [2.24, 2.45) is 17.3 Å². The lowest BCUT2D eigenvalue weighted by atomic mass is 9.69. The van der Waals surface area contributed by atoms with Crippen molar-refractivity contribution in [3.63, 3.8) is 0 Å². The number of benzene rings is 1. The van der Waals surface area contributed by atoms with Gasteiger partial charge in [-0.25, -0.2) is 0 Å². The topological polar surface area (TPSA) is 115 Å². The number of carbonyl (C=O) groups excluding carboxylic acids is 2. The van der Waals surface area contributed by atoms with Gasteiger partial charge < -0.3 is 29.9 Å². The van der Waals surface area contributed by atoms with Crippen LogP contribution in [-0.2, 0) is 11.3 Å². The number of aliphatic hydroxyl groups excluding tert-OH is 1. The van der Waals surface area contributed by atoms with E-state index >= 15 is 0 Å². The Morgan fingerprint density at radius 2 is 1.82 bits per heavy atom. The SMILES string of the molecule is C[C@H](CC1CCCCC1)C(=O)N1CC[C@@](O)(Cn2cc(C(=O)N3CCNC[C@H]3CO)c(-c3ccccc3)cc2=O)C(C)(C)C1. The maximum atomic E-state index is 14.0. The lowest BCUT2D eigenvalue weighted by molar-refractivity contribution is -0.157. The molecule has 1 aromatic carbocycles. The predicted molar refractivity (Wildman–Crippen MR) is 171 cm³/mol. The fourth-order valence-electron chi connectivity index (χ4n) is 7.53. The van der Waals surface area contributed by atoms with Crippen LogP contribution in [0.3, 0.4) is 0 Å². The van der Waals surface area contributed by atoms with Gasteiger partial charge in [0.25, 0.3) is 11.5 Å². The number of aliphatic hydroxyl groups is 2. The average Bonchev–Trinajstić information content (AvgIpc) is 3.03. The van der Waals surface area contributed by atoms with E-state index in [4.69, 9.17) is 0 Å². The molecule has 5 rings (SSSR count). The molecule has 3 heterocycles. The molecular formula is C35H50N4O5. The van der Waals surface area contributed by atoms with E-state index in [2.05, 4.69) is 5.32 Å². The number of nitrogens with one attached hydrogen (secondary N) is 1. The van der Waals surface area contributed by atoms with Gasteiger partial charge in [-0.15, -0.1) is 0 Å². The maximum absolute atomic E-state index is 14.0. The van der Waals surface area contributed by atoms with Gasteiger partial charge in [0, 0.05) is 61.9 Å². The van der Waals surface area contributed by atoms with E-state index in [0.29, 0.717) is 56.2 Å². The fraction of sp³-hybridized carbons (Fsp3) is 0.629. The quantitative estimate of drug-likeness (QED) is 0.424. The number of hydrogen-bond acceptors (Lipinski definition) is 6. The molecule has 0 unspecified atom stereocenters. The molecule has 0 bridgehead atoms. The first-order chi connectivity index (χ1) is 21.0. The number of carbonyl (C=O) groups is 2. The molecule has 2 aromatic rings. The van der Waals surface area contributed by atoms with Crippen LogP contribution in [0.2, 0.25) is 0 Å². The van der Waals surface area contributed by atoms with Crippen molar-refractivity contribution in [3.05, 3.63) is 58.5 Å². The molecule has 3 N–H and O–H groups in total. The summed E-state index contributed by atoms with van der Waals surface area (Å²) in [7, 11) is 0. The Morgan fingerprint density at radius 3 is 2.50 bits per heavy atom. The van der Waals surface area contributed by atoms with Crippen LogP contribution < -0.4 is 10.9 Å². The number of piperazine rings is 1. The second kappa shape index (κ2) is 13.5. The van der Waals surface area contributed by atoms with Crippen LogP contribution in [0, 0.1) is 17.3 Å². The van der Waals surface area contributed by atoms with Gasteiger partial charge in [0.1, 0.15) is 0 Å². The summed E-state index contributed by atoms with van der Waals surface area (Å²) in [4.78, 5) is 44.7. The summed E-state index contributed by atoms with van der Waals surface area (Å²) in [6.45, 7) is 8.18. The molecule has 0 radical (unpaired) electrons. The molecule has 2 aliphatic heterocycles. The summed E-state index contributed by atoms with van der Waals surface area (Å²) in [5.41, 5.74) is -0.606. The minimum absolute atomic E-state index is 0.0127. The summed E-state index contributed by atoms with van der Waals surface area (Å²) in [5, 5.41) is 25.3. The summed E-state index contributed by atoms with van der Waals surface area (Å²) < 4.78 is 1.46. The Hall–Kier alpha value is -3.01. The van der Waals surface area contributed by atoms with Gasteiger partial charge in [-0.2, -0.15) is 0 Å². The smallest absolute Gasteiger partial charge is 0.256 e. The van der Waals surface area contributed by atoms with E-state index in [1.54, 1.807) is 11.1 Å². The van der Waals surface area contributed by atoms with E-state index in [1.165, 1.54) is 42.7 Å². The van der Waals surface area contributed by atoms with Gasteiger partial charge in [0.05, 0.1) is 30.4 Å².